The van der Waals surface area contributed by atoms with Crippen LogP contribution in [0.4, 0.5) is 0 Å². The summed E-state index contributed by atoms with van der Waals surface area (Å²) in [6.07, 6.45) is 3.41. The molecule has 0 heterocycles. The first-order valence-corrected chi connectivity index (χ1v) is 5.99. The molecular formula is C13H18ClN. The molecule has 1 fully saturated rings. The van der Waals surface area contributed by atoms with E-state index in [-0.39, 0.29) is 5.54 Å². The van der Waals surface area contributed by atoms with Crippen LogP contribution < -0.4 is 5.73 Å². The minimum absolute atomic E-state index is 0.0981. The molecule has 1 aromatic rings. The van der Waals surface area contributed by atoms with Crippen molar-refractivity contribution in [3.8, 4) is 0 Å². The Balaban J connectivity index is 2.33. The van der Waals surface area contributed by atoms with Crippen molar-refractivity contribution in [2.45, 2.75) is 44.6 Å². The molecule has 2 heteroatoms. The monoisotopic (exact) mass is 223 g/mol. The first kappa shape index (κ1) is 11.0. The van der Waals surface area contributed by atoms with E-state index in [1.807, 2.05) is 0 Å². The molecule has 15 heavy (non-hydrogen) atoms. The summed E-state index contributed by atoms with van der Waals surface area (Å²) in [6, 6.07) is 6.31. The largest absolute Gasteiger partial charge is 0.321 e. The average molecular weight is 224 g/mol. The molecule has 0 spiro atoms. The zero-order chi connectivity index (χ0) is 11.1. The predicted molar refractivity (Wildman–Crippen MR) is 65.3 cm³/mol. The Kier molecular flexibility index (Phi) is 2.78. The molecule has 0 bridgehead atoms. The fourth-order valence-electron chi connectivity index (χ4n) is 2.15. The molecule has 0 radical (unpaired) electrons. The van der Waals surface area contributed by atoms with Gasteiger partial charge in [0.1, 0.15) is 0 Å². The lowest BCUT2D eigenvalue weighted by atomic mass is 9.72. The van der Waals surface area contributed by atoms with Crippen molar-refractivity contribution < 1.29 is 0 Å². The van der Waals surface area contributed by atoms with E-state index in [1.165, 1.54) is 17.5 Å². The van der Waals surface area contributed by atoms with Gasteiger partial charge >= 0.3 is 0 Å². The van der Waals surface area contributed by atoms with Gasteiger partial charge in [-0.1, -0.05) is 37.6 Å². The molecule has 0 aromatic heterocycles. The van der Waals surface area contributed by atoms with E-state index in [1.54, 1.807) is 0 Å². The summed E-state index contributed by atoms with van der Waals surface area (Å²) in [7, 11) is 0. The minimum atomic E-state index is -0.0981. The topological polar surface area (TPSA) is 26.0 Å². The van der Waals surface area contributed by atoms with E-state index in [4.69, 9.17) is 17.3 Å². The molecule has 2 rings (SSSR count). The SMILES string of the molecule is CC(C)c1ccc(C2(N)CCC2)cc1Cl. The highest BCUT2D eigenvalue weighted by molar-refractivity contribution is 6.31. The van der Waals surface area contributed by atoms with Crippen LogP contribution >= 0.6 is 11.6 Å². The van der Waals surface area contributed by atoms with Crippen LogP contribution in [0.25, 0.3) is 0 Å². The van der Waals surface area contributed by atoms with Crippen molar-refractivity contribution in [1.82, 2.24) is 0 Å². The molecule has 1 aliphatic rings. The van der Waals surface area contributed by atoms with Crippen molar-refractivity contribution in [3.63, 3.8) is 0 Å². The Hall–Kier alpha value is -0.530. The first-order valence-electron chi connectivity index (χ1n) is 5.62. The molecule has 0 unspecified atom stereocenters. The summed E-state index contributed by atoms with van der Waals surface area (Å²) in [5.41, 5.74) is 8.57. The van der Waals surface area contributed by atoms with Gasteiger partial charge in [0.05, 0.1) is 0 Å². The van der Waals surface area contributed by atoms with Gasteiger partial charge < -0.3 is 5.73 Å². The van der Waals surface area contributed by atoms with Crippen LogP contribution in [0.15, 0.2) is 18.2 Å². The average Bonchev–Trinajstić information content (AvgIpc) is 2.13. The summed E-state index contributed by atoms with van der Waals surface area (Å²) < 4.78 is 0. The molecule has 2 N–H and O–H groups in total. The predicted octanol–water partition coefficient (Wildman–Crippen LogP) is 3.80. The van der Waals surface area contributed by atoms with Gasteiger partial charge in [0.2, 0.25) is 0 Å². The van der Waals surface area contributed by atoms with E-state index in [0.29, 0.717) is 5.92 Å². The van der Waals surface area contributed by atoms with Gasteiger partial charge in [0.25, 0.3) is 0 Å². The fraction of sp³-hybridized carbons (Fsp3) is 0.538. The maximum Gasteiger partial charge on any atom is 0.0444 e. The van der Waals surface area contributed by atoms with Gasteiger partial charge in [0.15, 0.2) is 0 Å². The second-order valence-electron chi connectivity index (χ2n) is 4.90. The highest BCUT2D eigenvalue weighted by atomic mass is 35.5. The standard InChI is InChI=1S/C13H18ClN/c1-9(2)11-5-4-10(8-12(11)14)13(15)6-3-7-13/h4-5,8-9H,3,6-7,15H2,1-2H3. The molecule has 1 aliphatic carbocycles. The zero-order valence-electron chi connectivity index (χ0n) is 9.39. The van der Waals surface area contributed by atoms with Gasteiger partial charge in [-0.3, -0.25) is 0 Å². The van der Waals surface area contributed by atoms with Crippen molar-refractivity contribution in [2.75, 3.05) is 0 Å². The van der Waals surface area contributed by atoms with E-state index in [9.17, 15) is 0 Å². The number of nitrogens with two attached hydrogens (primary N) is 1. The summed E-state index contributed by atoms with van der Waals surface area (Å²) in [5.74, 6) is 0.474. The normalized spacial score (nSPS) is 19.0. The highest BCUT2D eigenvalue weighted by Gasteiger charge is 2.34. The molecular weight excluding hydrogens is 206 g/mol. The van der Waals surface area contributed by atoms with Gasteiger partial charge in [-0.05, 0) is 42.4 Å². The summed E-state index contributed by atoms with van der Waals surface area (Å²) in [4.78, 5) is 0. The third kappa shape index (κ3) is 1.91. The van der Waals surface area contributed by atoms with Crippen LogP contribution in [0.3, 0.4) is 0 Å². The van der Waals surface area contributed by atoms with E-state index >= 15 is 0 Å². The number of rotatable bonds is 2. The van der Waals surface area contributed by atoms with Gasteiger partial charge in [0, 0.05) is 10.6 Å². The summed E-state index contributed by atoms with van der Waals surface area (Å²) in [5, 5.41) is 0.860. The summed E-state index contributed by atoms with van der Waals surface area (Å²) >= 11 is 6.26. The van der Waals surface area contributed by atoms with Crippen LogP contribution in [-0.2, 0) is 5.54 Å². The third-order valence-electron chi connectivity index (χ3n) is 3.44. The van der Waals surface area contributed by atoms with Crippen LogP contribution in [0.1, 0.15) is 50.2 Å². The van der Waals surface area contributed by atoms with Crippen LogP contribution in [0, 0.1) is 0 Å². The molecule has 1 aromatic carbocycles. The Morgan fingerprint density at radius 2 is 2.00 bits per heavy atom. The third-order valence-corrected chi connectivity index (χ3v) is 3.77. The van der Waals surface area contributed by atoms with Gasteiger partial charge in [-0.15, -0.1) is 0 Å². The highest BCUT2D eigenvalue weighted by Crippen LogP contribution is 2.40. The van der Waals surface area contributed by atoms with Crippen molar-refractivity contribution in [2.24, 2.45) is 5.73 Å². The van der Waals surface area contributed by atoms with Crippen LogP contribution in [-0.4, -0.2) is 0 Å². The van der Waals surface area contributed by atoms with Crippen molar-refractivity contribution >= 4 is 11.6 Å². The Morgan fingerprint density at radius 3 is 2.40 bits per heavy atom. The maximum atomic E-state index is 6.26. The lowest BCUT2D eigenvalue weighted by Gasteiger charge is -2.39. The summed E-state index contributed by atoms with van der Waals surface area (Å²) in [6.45, 7) is 4.31. The first-order chi connectivity index (χ1) is 7.03. The number of hydrogen-bond acceptors (Lipinski definition) is 1. The lowest BCUT2D eigenvalue weighted by Crippen LogP contribution is -2.43. The molecule has 82 valence electrons. The quantitative estimate of drug-likeness (QED) is 0.811. The van der Waals surface area contributed by atoms with Gasteiger partial charge in [-0.25, -0.2) is 0 Å². The minimum Gasteiger partial charge on any atom is -0.321 e. The Labute approximate surface area is 96.6 Å². The van der Waals surface area contributed by atoms with E-state index in [0.717, 1.165) is 17.9 Å². The number of hydrogen-bond donors (Lipinski definition) is 1. The molecule has 1 nitrogen and oxygen atoms in total. The molecule has 0 saturated heterocycles. The maximum absolute atomic E-state index is 6.26. The lowest BCUT2D eigenvalue weighted by molar-refractivity contribution is 0.253. The zero-order valence-corrected chi connectivity index (χ0v) is 10.1. The van der Waals surface area contributed by atoms with Crippen molar-refractivity contribution in [1.29, 1.82) is 0 Å². The fourth-order valence-corrected chi connectivity index (χ4v) is 2.55. The van der Waals surface area contributed by atoms with Crippen LogP contribution in [0.2, 0.25) is 5.02 Å². The second kappa shape index (κ2) is 3.80. The van der Waals surface area contributed by atoms with Crippen molar-refractivity contribution in [3.05, 3.63) is 34.3 Å². The smallest absolute Gasteiger partial charge is 0.0444 e. The second-order valence-corrected chi connectivity index (χ2v) is 5.31. The van der Waals surface area contributed by atoms with E-state index < -0.39 is 0 Å². The number of benzene rings is 1. The molecule has 0 aliphatic heterocycles. The Bertz CT molecular complexity index is 367. The van der Waals surface area contributed by atoms with Gasteiger partial charge in [-0.2, -0.15) is 0 Å². The Morgan fingerprint density at radius 1 is 1.33 bits per heavy atom. The molecule has 0 atom stereocenters. The molecule has 0 amide bonds. The number of halogens is 1. The van der Waals surface area contributed by atoms with Crippen LogP contribution in [0.5, 0.6) is 0 Å². The van der Waals surface area contributed by atoms with E-state index in [2.05, 4.69) is 32.0 Å². The molecule has 1 saturated carbocycles.